The molecule has 0 saturated carbocycles. The Bertz CT molecular complexity index is 1130. The van der Waals surface area contributed by atoms with Crippen LogP contribution in [0.5, 0.6) is 0 Å². The van der Waals surface area contributed by atoms with Gasteiger partial charge in [-0.3, -0.25) is 10.1 Å². The number of hydrogen-bond donors (Lipinski definition) is 2. The quantitative estimate of drug-likeness (QED) is 0.377. The normalized spacial score (nSPS) is 22.3. The number of nitro benzene ring substituents is 1. The first-order valence-electron chi connectivity index (χ1n) is 9.82. The predicted octanol–water partition coefficient (Wildman–Crippen LogP) is 4.76. The topological polar surface area (TPSA) is 101 Å². The largest absolute Gasteiger partial charge is 0.378 e. The number of nitrogens with one attached hydrogen (secondary N) is 2. The van der Waals surface area contributed by atoms with E-state index in [1.807, 2.05) is 6.92 Å². The molecule has 0 amide bonds. The number of nitrogens with zero attached hydrogens (tertiary/aromatic N) is 1. The fourth-order valence-electron chi connectivity index (χ4n) is 4.25. The first-order chi connectivity index (χ1) is 14.3. The molecule has 3 atom stereocenters. The summed E-state index contributed by atoms with van der Waals surface area (Å²) in [6.45, 7) is 2.30. The molecule has 0 saturated heterocycles. The first-order valence-corrected chi connectivity index (χ1v) is 11.7. The van der Waals surface area contributed by atoms with Gasteiger partial charge in [0.25, 0.3) is 5.69 Å². The van der Waals surface area contributed by atoms with Crippen molar-refractivity contribution in [3.05, 3.63) is 74.8 Å². The summed E-state index contributed by atoms with van der Waals surface area (Å²) in [6.07, 6.45) is 5.63. The fourth-order valence-corrected chi connectivity index (χ4v) is 5.65. The van der Waals surface area contributed by atoms with Gasteiger partial charge in [0.1, 0.15) is 0 Å². The van der Waals surface area contributed by atoms with Gasteiger partial charge in [-0.05, 0) is 48.6 Å². The van der Waals surface area contributed by atoms with Crippen LogP contribution in [-0.2, 0) is 10.0 Å². The number of rotatable bonds is 6. The van der Waals surface area contributed by atoms with Gasteiger partial charge in [0, 0.05) is 40.9 Å². The molecular formula is C21H22ClN3O4S. The summed E-state index contributed by atoms with van der Waals surface area (Å²) in [5, 5.41) is 15.2. The van der Waals surface area contributed by atoms with Crippen LogP contribution in [0.1, 0.15) is 42.9 Å². The number of anilines is 1. The van der Waals surface area contributed by atoms with Gasteiger partial charge in [-0.2, -0.15) is 0 Å². The SMILES string of the molecule is CCCNS(=O)(=O)c1ccc2c(c1)C1C=CCC1C(c1cc([N+](=O)[O-])ccc1Cl)N2. The van der Waals surface area contributed by atoms with Gasteiger partial charge in [-0.15, -0.1) is 0 Å². The van der Waals surface area contributed by atoms with Crippen LogP contribution in [0.4, 0.5) is 11.4 Å². The number of fused-ring (bicyclic) bond motifs is 3. The zero-order valence-electron chi connectivity index (χ0n) is 16.3. The van der Waals surface area contributed by atoms with Gasteiger partial charge in [-0.25, -0.2) is 13.1 Å². The minimum Gasteiger partial charge on any atom is -0.378 e. The molecule has 0 spiro atoms. The summed E-state index contributed by atoms with van der Waals surface area (Å²) in [4.78, 5) is 11.1. The number of nitro groups is 1. The molecule has 4 rings (SSSR count). The molecule has 0 bridgehead atoms. The van der Waals surface area contributed by atoms with E-state index in [0.717, 1.165) is 17.7 Å². The maximum atomic E-state index is 12.6. The molecular weight excluding hydrogens is 426 g/mol. The maximum Gasteiger partial charge on any atom is 0.269 e. The number of halogens is 1. The second-order valence-electron chi connectivity index (χ2n) is 7.59. The lowest BCUT2D eigenvalue weighted by atomic mass is 9.77. The molecule has 0 fully saturated rings. The summed E-state index contributed by atoms with van der Waals surface area (Å²) in [7, 11) is -3.57. The molecule has 3 unspecified atom stereocenters. The number of sulfonamides is 1. The second-order valence-corrected chi connectivity index (χ2v) is 9.76. The summed E-state index contributed by atoms with van der Waals surface area (Å²) in [6, 6.07) is 9.31. The van der Waals surface area contributed by atoms with Crippen LogP contribution in [0.15, 0.2) is 53.4 Å². The van der Waals surface area contributed by atoms with E-state index in [-0.39, 0.29) is 28.5 Å². The minimum absolute atomic E-state index is 0.00269. The van der Waals surface area contributed by atoms with Gasteiger partial charge in [0.2, 0.25) is 10.0 Å². The van der Waals surface area contributed by atoms with E-state index < -0.39 is 14.9 Å². The lowest BCUT2D eigenvalue weighted by Gasteiger charge is -2.38. The number of benzene rings is 2. The highest BCUT2D eigenvalue weighted by Gasteiger charge is 2.39. The van der Waals surface area contributed by atoms with Gasteiger partial charge >= 0.3 is 0 Å². The van der Waals surface area contributed by atoms with Crippen molar-refractivity contribution in [1.82, 2.24) is 4.72 Å². The summed E-state index contributed by atoms with van der Waals surface area (Å²) >= 11 is 6.41. The standard InChI is InChI=1S/C21H22ClN3O4S/c1-2-10-23-30(28,29)14-7-9-20-17(12-14)15-4-3-5-16(15)21(24-20)18-11-13(25(26)27)6-8-19(18)22/h3-4,6-9,11-12,15-16,21,23-24H,2,5,10H2,1H3. The molecule has 7 nitrogen and oxygen atoms in total. The van der Waals surface area contributed by atoms with Crippen molar-refractivity contribution in [3.63, 3.8) is 0 Å². The zero-order chi connectivity index (χ0) is 21.5. The maximum absolute atomic E-state index is 12.6. The van der Waals surface area contributed by atoms with Gasteiger partial charge in [0.05, 0.1) is 15.9 Å². The third-order valence-corrected chi connectivity index (χ3v) is 7.51. The van der Waals surface area contributed by atoms with Crippen molar-refractivity contribution in [2.45, 2.75) is 36.6 Å². The van der Waals surface area contributed by atoms with Crippen LogP contribution in [0, 0.1) is 16.0 Å². The first kappa shape index (κ1) is 20.8. The van der Waals surface area contributed by atoms with Crippen LogP contribution < -0.4 is 10.0 Å². The van der Waals surface area contributed by atoms with Gasteiger partial charge < -0.3 is 5.32 Å². The Balaban J connectivity index is 1.74. The lowest BCUT2D eigenvalue weighted by Crippen LogP contribution is -2.30. The Hall–Kier alpha value is -2.42. The van der Waals surface area contributed by atoms with Crippen molar-refractivity contribution in [2.24, 2.45) is 5.92 Å². The minimum atomic E-state index is -3.57. The number of hydrogen-bond acceptors (Lipinski definition) is 5. The molecule has 0 aromatic heterocycles. The Morgan fingerprint density at radius 3 is 2.77 bits per heavy atom. The summed E-state index contributed by atoms with van der Waals surface area (Å²) in [5.74, 6) is 0.0847. The molecule has 2 aromatic rings. The van der Waals surface area contributed by atoms with Crippen molar-refractivity contribution < 1.29 is 13.3 Å². The van der Waals surface area contributed by atoms with E-state index in [1.165, 1.54) is 12.1 Å². The van der Waals surface area contributed by atoms with E-state index in [2.05, 4.69) is 22.2 Å². The smallest absolute Gasteiger partial charge is 0.269 e. The van der Waals surface area contributed by atoms with Crippen molar-refractivity contribution in [2.75, 3.05) is 11.9 Å². The van der Waals surface area contributed by atoms with Gasteiger partial charge in [-0.1, -0.05) is 30.7 Å². The molecule has 2 aromatic carbocycles. The molecule has 1 aliphatic heterocycles. The average Bonchev–Trinajstić information content (AvgIpc) is 3.22. The van der Waals surface area contributed by atoms with Crippen LogP contribution >= 0.6 is 11.6 Å². The number of allylic oxidation sites excluding steroid dienone is 2. The third kappa shape index (κ3) is 3.71. The van der Waals surface area contributed by atoms with Crippen molar-refractivity contribution in [1.29, 1.82) is 0 Å². The third-order valence-electron chi connectivity index (χ3n) is 5.71. The van der Waals surface area contributed by atoms with Crippen molar-refractivity contribution >= 4 is 33.0 Å². The lowest BCUT2D eigenvalue weighted by molar-refractivity contribution is -0.384. The molecule has 2 N–H and O–H groups in total. The highest BCUT2D eigenvalue weighted by Crippen LogP contribution is 2.51. The van der Waals surface area contributed by atoms with Crippen LogP contribution in [0.3, 0.4) is 0 Å². The van der Waals surface area contributed by atoms with Crippen LogP contribution in [0.2, 0.25) is 5.02 Å². The summed E-state index contributed by atoms with van der Waals surface area (Å²) in [5.41, 5.74) is 2.39. The fraction of sp³-hybridized carbons (Fsp3) is 0.333. The Kier molecular flexibility index (Phi) is 5.57. The molecule has 2 aliphatic rings. The van der Waals surface area contributed by atoms with Crippen molar-refractivity contribution in [3.8, 4) is 0 Å². The molecule has 9 heteroatoms. The summed E-state index contributed by atoms with van der Waals surface area (Å²) < 4.78 is 27.7. The highest BCUT2D eigenvalue weighted by atomic mass is 35.5. The van der Waals surface area contributed by atoms with Gasteiger partial charge in [0.15, 0.2) is 0 Å². The van der Waals surface area contributed by atoms with E-state index in [1.54, 1.807) is 24.3 Å². The zero-order valence-corrected chi connectivity index (χ0v) is 17.9. The molecule has 30 heavy (non-hydrogen) atoms. The Labute approximate surface area is 180 Å². The van der Waals surface area contributed by atoms with E-state index in [4.69, 9.17) is 11.6 Å². The van der Waals surface area contributed by atoms with E-state index in [0.29, 0.717) is 23.6 Å². The molecule has 1 heterocycles. The second kappa shape index (κ2) is 8.02. The molecule has 1 aliphatic carbocycles. The molecule has 158 valence electrons. The Morgan fingerprint density at radius 1 is 1.23 bits per heavy atom. The monoisotopic (exact) mass is 447 g/mol. The van der Waals surface area contributed by atoms with Crippen LogP contribution in [-0.4, -0.2) is 19.9 Å². The van der Waals surface area contributed by atoms with Crippen LogP contribution in [0.25, 0.3) is 0 Å². The number of non-ortho nitro benzene ring substituents is 1. The highest BCUT2D eigenvalue weighted by molar-refractivity contribution is 7.89. The Morgan fingerprint density at radius 2 is 2.03 bits per heavy atom. The predicted molar refractivity (Wildman–Crippen MR) is 116 cm³/mol. The molecule has 0 radical (unpaired) electrons. The van der Waals surface area contributed by atoms with E-state index in [9.17, 15) is 18.5 Å². The van der Waals surface area contributed by atoms with E-state index >= 15 is 0 Å². The average molecular weight is 448 g/mol.